The molecule has 0 aliphatic rings. The molecule has 0 amide bonds. The Labute approximate surface area is 78.4 Å². The highest BCUT2D eigenvalue weighted by Crippen LogP contribution is 2.21. The third-order valence-corrected chi connectivity index (χ3v) is 2.14. The fraction of sp³-hybridized carbons (Fsp3) is 0.364. The lowest BCUT2D eigenvalue weighted by Crippen LogP contribution is -1.99. The van der Waals surface area contributed by atoms with Crippen molar-refractivity contribution in [2.24, 2.45) is 0 Å². The van der Waals surface area contributed by atoms with Gasteiger partial charge < -0.3 is 5.11 Å². The van der Waals surface area contributed by atoms with Gasteiger partial charge in [0.2, 0.25) is 0 Å². The van der Waals surface area contributed by atoms with Crippen molar-refractivity contribution in [3.63, 3.8) is 0 Å². The first kappa shape index (κ1) is 9.76. The van der Waals surface area contributed by atoms with Gasteiger partial charge in [-0.05, 0) is 30.5 Å². The Morgan fingerprint density at radius 2 is 2.23 bits per heavy atom. The Balaban J connectivity index is 3.29. The lowest BCUT2D eigenvalue weighted by Gasteiger charge is -2.11. The number of nitriles is 1. The summed E-state index contributed by atoms with van der Waals surface area (Å²) in [6.07, 6.45) is 0.285. The van der Waals surface area contributed by atoms with Crippen molar-refractivity contribution in [2.75, 3.05) is 0 Å². The predicted molar refractivity (Wildman–Crippen MR) is 51.2 cm³/mol. The molecule has 0 spiro atoms. The Bertz CT molecular complexity index is 336. The van der Waals surface area contributed by atoms with Crippen LogP contribution in [0.25, 0.3) is 0 Å². The lowest BCUT2D eigenvalue weighted by atomic mass is 9.96. The maximum Gasteiger partial charge on any atom is 0.0994 e. The number of hydrogen-bond acceptors (Lipinski definition) is 2. The molecule has 0 saturated heterocycles. The van der Waals surface area contributed by atoms with Crippen LogP contribution in [0.1, 0.15) is 36.6 Å². The first-order chi connectivity index (χ1) is 6.20. The van der Waals surface area contributed by atoms with Crippen LogP contribution in [-0.4, -0.2) is 5.11 Å². The van der Waals surface area contributed by atoms with Crippen LogP contribution >= 0.6 is 0 Å². The molecule has 13 heavy (non-hydrogen) atoms. The van der Waals surface area contributed by atoms with Gasteiger partial charge >= 0.3 is 0 Å². The largest absolute Gasteiger partial charge is 0.389 e. The standard InChI is InChI=1S/C11H13NO/c1-3-10-9(7-12)5-4-6-11(10)8(2)13/h4-6,8,13H,3H2,1-2H3. The Hall–Kier alpha value is -1.33. The summed E-state index contributed by atoms with van der Waals surface area (Å²) in [6.45, 7) is 3.71. The van der Waals surface area contributed by atoms with E-state index >= 15 is 0 Å². The molecule has 1 aromatic rings. The number of nitrogens with zero attached hydrogens (tertiary/aromatic N) is 1. The zero-order valence-corrected chi connectivity index (χ0v) is 7.91. The molecule has 1 rings (SSSR count). The number of rotatable bonds is 2. The lowest BCUT2D eigenvalue weighted by molar-refractivity contribution is 0.198. The molecule has 1 N–H and O–H groups in total. The van der Waals surface area contributed by atoms with E-state index in [9.17, 15) is 5.11 Å². The van der Waals surface area contributed by atoms with Gasteiger partial charge in [0.05, 0.1) is 17.7 Å². The van der Waals surface area contributed by atoms with Gasteiger partial charge in [0.15, 0.2) is 0 Å². The summed E-state index contributed by atoms with van der Waals surface area (Å²) < 4.78 is 0. The summed E-state index contributed by atoms with van der Waals surface area (Å²) in [6, 6.07) is 7.58. The summed E-state index contributed by atoms with van der Waals surface area (Å²) in [4.78, 5) is 0. The highest BCUT2D eigenvalue weighted by atomic mass is 16.3. The molecule has 0 heterocycles. The van der Waals surface area contributed by atoms with E-state index in [4.69, 9.17) is 5.26 Å². The first-order valence-electron chi connectivity index (χ1n) is 4.40. The fourth-order valence-electron chi connectivity index (χ4n) is 1.50. The van der Waals surface area contributed by atoms with E-state index in [0.717, 1.165) is 17.5 Å². The Morgan fingerprint density at radius 1 is 1.54 bits per heavy atom. The maximum atomic E-state index is 9.45. The second-order valence-corrected chi connectivity index (χ2v) is 3.01. The van der Waals surface area contributed by atoms with E-state index in [2.05, 4.69) is 6.07 Å². The summed E-state index contributed by atoms with van der Waals surface area (Å²) in [5.74, 6) is 0. The first-order valence-corrected chi connectivity index (χ1v) is 4.40. The van der Waals surface area contributed by atoms with E-state index in [1.807, 2.05) is 13.0 Å². The minimum absolute atomic E-state index is 0.497. The van der Waals surface area contributed by atoms with Gasteiger partial charge in [-0.2, -0.15) is 5.26 Å². The van der Waals surface area contributed by atoms with Crippen molar-refractivity contribution in [2.45, 2.75) is 26.4 Å². The predicted octanol–water partition coefficient (Wildman–Crippen LogP) is 2.17. The van der Waals surface area contributed by atoms with Crippen LogP contribution in [0.4, 0.5) is 0 Å². The van der Waals surface area contributed by atoms with Gasteiger partial charge in [-0.1, -0.05) is 19.1 Å². The quantitative estimate of drug-likeness (QED) is 0.748. The zero-order valence-electron chi connectivity index (χ0n) is 7.91. The van der Waals surface area contributed by atoms with Crippen molar-refractivity contribution in [1.82, 2.24) is 0 Å². The molecule has 0 aliphatic heterocycles. The van der Waals surface area contributed by atoms with E-state index in [-0.39, 0.29) is 0 Å². The molecular formula is C11H13NO. The van der Waals surface area contributed by atoms with Crippen LogP contribution in [0.5, 0.6) is 0 Å². The van der Waals surface area contributed by atoms with Crippen molar-refractivity contribution < 1.29 is 5.11 Å². The summed E-state index contributed by atoms with van der Waals surface area (Å²) in [5.41, 5.74) is 2.49. The Kier molecular flexibility index (Phi) is 3.05. The average Bonchev–Trinajstić information content (AvgIpc) is 2.16. The highest BCUT2D eigenvalue weighted by Gasteiger charge is 2.09. The summed E-state index contributed by atoms with van der Waals surface area (Å²) in [7, 11) is 0. The van der Waals surface area contributed by atoms with Crippen LogP contribution in [0, 0.1) is 11.3 Å². The smallest absolute Gasteiger partial charge is 0.0994 e. The number of benzene rings is 1. The topological polar surface area (TPSA) is 44.0 Å². The molecule has 1 unspecified atom stereocenters. The fourth-order valence-corrected chi connectivity index (χ4v) is 1.50. The number of aliphatic hydroxyl groups excluding tert-OH is 1. The summed E-state index contributed by atoms with van der Waals surface area (Å²) in [5, 5.41) is 18.3. The van der Waals surface area contributed by atoms with E-state index in [1.165, 1.54) is 0 Å². The van der Waals surface area contributed by atoms with E-state index in [0.29, 0.717) is 5.56 Å². The van der Waals surface area contributed by atoms with Gasteiger partial charge in [0.1, 0.15) is 0 Å². The van der Waals surface area contributed by atoms with Crippen molar-refractivity contribution in [3.05, 3.63) is 34.9 Å². The highest BCUT2D eigenvalue weighted by molar-refractivity contribution is 5.43. The SMILES string of the molecule is CCc1c(C#N)cccc1C(C)O. The molecule has 68 valence electrons. The third kappa shape index (κ3) is 1.88. The van der Waals surface area contributed by atoms with Crippen LogP contribution in [0.15, 0.2) is 18.2 Å². The van der Waals surface area contributed by atoms with Gasteiger partial charge in [0, 0.05) is 0 Å². The number of aliphatic hydroxyl groups is 1. The van der Waals surface area contributed by atoms with Crippen molar-refractivity contribution >= 4 is 0 Å². The van der Waals surface area contributed by atoms with Crippen LogP contribution < -0.4 is 0 Å². The number of hydrogen-bond donors (Lipinski definition) is 1. The second-order valence-electron chi connectivity index (χ2n) is 3.01. The van der Waals surface area contributed by atoms with Crippen molar-refractivity contribution in [3.8, 4) is 6.07 Å². The van der Waals surface area contributed by atoms with Gasteiger partial charge in [-0.15, -0.1) is 0 Å². The molecular weight excluding hydrogens is 162 g/mol. The molecule has 2 nitrogen and oxygen atoms in total. The third-order valence-electron chi connectivity index (χ3n) is 2.14. The van der Waals surface area contributed by atoms with Gasteiger partial charge in [-0.25, -0.2) is 0 Å². The molecule has 0 aliphatic carbocycles. The molecule has 0 fully saturated rings. The molecule has 2 heteroatoms. The maximum absolute atomic E-state index is 9.45. The molecule has 0 saturated carbocycles. The second kappa shape index (κ2) is 4.06. The normalized spacial score (nSPS) is 12.2. The van der Waals surface area contributed by atoms with Crippen molar-refractivity contribution in [1.29, 1.82) is 5.26 Å². The molecule has 1 aromatic carbocycles. The van der Waals surface area contributed by atoms with E-state index < -0.39 is 6.10 Å². The summed E-state index contributed by atoms with van der Waals surface area (Å²) >= 11 is 0. The minimum atomic E-state index is -0.497. The van der Waals surface area contributed by atoms with E-state index in [1.54, 1.807) is 19.1 Å². The molecule has 0 aromatic heterocycles. The van der Waals surface area contributed by atoms with Crippen LogP contribution in [0.2, 0.25) is 0 Å². The monoisotopic (exact) mass is 175 g/mol. The molecule has 0 bridgehead atoms. The van der Waals surface area contributed by atoms with Gasteiger partial charge in [-0.3, -0.25) is 0 Å². The average molecular weight is 175 g/mol. The Morgan fingerprint density at radius 3 is 2.69 bits per heavy atom. The zero-order chi connectivity index (χ0) is 9.84. The molecule has 1 atom stereocenters. The molecule has 0 radical (unpaired) electrons. The van der Waals surface area contributed by atoms with Crippen LogP contribution in [-0.2, 0) is 6.42 Å². The van der Waals surface area contributed by atoms with Crippen LogP contribution in [0.3, 0.4) is 0 Å². The van der Waals surface area contributed by atoms with Gasteiger partial charge in [0.25, 0.3) is 0 Å². The minimum Gasteiger partial charge on any atom is -0.389 e.